The van der Waals surface area contributed by atoms with E-state index in [0.717, 1.165) is 0 Å². The molecule has 0 aromatic carbocycles. The van der Waals surface area contributed by atoms with Gasteiger partial charge in [-0.05, 0) is 31.9 Å². The first-order valence-electron chi connectivity index (χ1n) is 5.54. The van der Waals surface area contributed by atoms with Crippen molar-refractivity contribution in [3.8, 4) is 0 Å². The van der Waals surface area contributed by atoms with Gasteiger partial charge < -0.3 is 30.3 Å². The van der Waals surface area contributed by atoms with Gasteiger partial charge in [0.05, 0.1) is 37.3 Å². The second-order valence-corrected chi connectivity index (χ2v) is 8.95. The van der Waals surface area contributed by atoms with E-state index in [2.05, 4.69) is 63.7 Å². The number of rotatable bonds is 10. The zero-order chi connectivity index (χ0) is 16.0. The molecule has 1 unspecified atom stereocenters. The molecule has 6 nitrogen and oxygen atoms in total. The van der Waals surface area contributed by atoms with Crippen LogP contribution < -0.4 is 0 Å². The highest BCUT2D eigenvalue weighted by atomic mass is 79.9. The maximum atomic E-state index is 10.2. The molecule has 0 aliphatic heterocycles. The first-order valence-corrected chi connectivity index (χ1v) is 9.36. The lowest BCUT2D eigenvalue weighted by molar-refractivity contribution is -0.217. The number of ether oxygens (including phenoxy) is 1. The molecule has 0 aromatic heterocycles. The summed E-state index contributed by atoms with van der Waals surface area (Å²) in [5.41, 5.74) is -2.51. The lowest BCUT2D eigenvalue weighted by Crippen LogP contribution is -2.54. The van der Waals surface area contributed by atoms with Crippen molar-refractivity contribution in [3.63, 3.8) is 0 Å². The van der Waals surface area contributed by atoms with Crippen molar-refractivity contribution in [2.24, 2.45) is 10.8 Å². The number of halogens is 4. The Morgan fingerprint density at radius 1 is 0.850 bits per heavy atom. The fourth-order valence-corrected chi connectivity index (χ4v) is 4.09. The van der Waals surface area contributed by atoms with Crippen LogP contribution in [0.25, 0.3) is 0 Å². The maximum absolute atomic E-state index is 10.2. The fraction of sp³-hybridized carbons (Fsp3) is 1.00. The Balaban J connectivity index is 5.26. The van der Waals surface area contributed by atoms with Crippen molar-refractivity contribution in [1.29, 1.82) is 0 Å². The van der Waals surface area contributed by atoms with Gasteiger partial charge in [0, 0.05) is 10.7 Å². The SMILES string of the molecule is OCC(CBr)(CBr)C(O)OC(Br)(Br)C(CO)(CO)CO. The second-order valence-electron chi connectivity index (χ2n) is 4.53. The summed E-state index contributed by atoms with van der Waals surface area (Å²) in [7, 11) is 0. The van der Waals surface area contributed by atoms with E-state index in [1.165, 1.54) is 0 Å². The number of aliphatic hydroxyl groups is 5. The van der Waals surface area contributed by atoms with Gasteiger partial charge in [0.2, 0.25) is 0 Å². The van der Waals surface area contributed by atoms with E-state index >= 15 is 0 Å². The Morgan fingerprint density at radius 2 is 1.25 bits per heavy atom. The Bertz CT molecular complexity index is 266. The molecule has 10 heteroatoms. The number of alkyl halides is 4. The highest BCUT2D eigenvalue weighted by Crippen LogP contribution is 2.47. The molecule has 0 rings (SSSR count). The van der Waals surface area contributed by atoms with Crippen LogP contribution in [-0.2, 0) is 4.74 Å². The summed E-state index contributed by atoms with van der Waals surface area (Å²) in [5, 5.41) is 48.3. The van der Waals surface area contributed by atoms with Gasteiger partial charge in [-0.3, -0.25) is 0 Å². The molecule has 0 aliphatic carbocycles. The second kappa shape index (κ2) is 9.09. The Morgan fingerprint density at radius 3 is 1.50 bits per heavy atom. The van der Waals surface area contributed by atoms with Crippen LogP contribution in [0.15, 0.2) is 0 Å². The summed E-state index contributed by atoms with van der Waals surface area (Å²) in [5.74, 6) is 0. The van der Waals surface area contributed by atoms with Crippen molar-refractivity contribution < 1.29 is 30.3 Å². The predicted octanol–water partition coefficient (Wildman–Crippen LogP) is 0.497. The van der Waals surface area contributed by atoms with Crippen molar-refractivity contribution in [1.82, 2.24) is 0 Å². The summed E-state index contributed by atoms with van der Waals surface area (Å²) in [4.78, 5) is 0. The summed E-state index contributed by atoms with van der Waals surface area (Å²) >= 11 is 12.6. The van der Waals surface area contributed by atoms with Crippen molar-refractivity contribution in [2.45, 2.75) is 9.71 Å². The van der Waals surface area contributed by atoms with Crippen molar-refractivity contribution in [3.05, 3.63) is 0 Å². The lowest BCUT2D eigenvalue weighted by atomic mass is 9.91. The van der Waals surface area contributed by atoms with Crippen LogP contribution in [-0.4, -0.2) is 72.3 Å². The van der Waals surface area contributed by atoms with E-state index in [1.807, 2.05) is 0 Å². The van der Waals surface area contributed by atoms with E-state index < -0.39 is 40.4 Å². The van der Waals surface area contributed by atoms with Gasteiger partial charge in [0.25, 0.3) is 0 Å². The molecule has 122 valence electrons. The van der Waals surface area contributed by atoms with E-state index in [9.17, 15) is 25.5 Å². The Kier molecular flexibility index (Phi) is 9.86. The Hall–Kier alpha value is 1.68. The number of aliphatic hydroxyl groups excluding tert-OH is 5. The fourth-order valence-electron chi connectivity index (χ4n) is 1.15. The minimum Gasteiger partial charge on any atom is -0.396 e. The molecule has 0 spiro atoms. The zero-order valence-corrected chi connectivity index (χ0v) is 16.8. The van der Waals surface area contributed by atoms with Crippen LogP contribution in [0.1, 0.15) is 0 Å². The predicted molar refractivity (Wildman–Crippen MR) is 88.5 cm³/mol. The molecular formula is C10H18Br4O6. The zero-order valence-electron chi connectivity index (χ0n) is 10.5. The molecule has 20 heavy (non-hydrogen) atoms. The summed E-state index contributed by atoms with van der Waals surface area (Å²) in [6, 6.07) is 0. The highest BCUT2D eigenvalue weighted by molar-refractivity contribution is 9.25. The van der Waals surface area contributed by atoms with E-state index in [-0.39, 0.29) is 17.3 Å². The average Bonchev–Trinajstić information content (AvgIpc) is 2.43. The monoisotopic (exact) mass is 550 g/mol. The van der Waals surface area contributed by atoms with Crippen LogP contribution in [0, 0.1) is 10.8 Å². The average molecular weight is 554 g/mol. The number of hydrogen-bond acceptors (Lipinski definition) is 6. The van der Waals surface area contributed by atoms with Gasteiger partial charge in [0.1, 0.15) is 0 Å². The quantitative estimate of drug-likeness (QED) is 0.199. The number of hydrogen-bond donors (Lipinski definition) is 5. The van der Waals surface area contributed by atoms with Crippen LogP contribution in [0.5, 0.6) is 0 Å². The van der Waals surface area contributed by atoms with Gasteiger partial charge in [0.15, 0.2) is 9.71 Å². The van der Waals surface area contributed by atoms with Gasteiger partial charge in [-0.1, -0.05) is 31.9 Å². The van der Waals surface area contributed by atoms with Gasteiger partial charge in [-0.25, -0.2) is 0 Å². The molecule has 0 heterocycles. The highest BCUT2D eigenvalue weighted by Gasteiger charge is 2.52. The van der Waals surface area contributed by atoms with Crippen LogP contribution >= 0.6 is 63.7 Å². The molecule has 0 fully saturated rings. The summed E-state index contributed by atoms with van der Waals surface area (Å²) in [6.07, 6.45) is -1.45. The molecule has 5 N–H and O–H groups in total. The minimum absolute atomic E-state index is 0.239. The molecule has 0 aromatic rings. The first-order chi connectivity index (χ1) is 9.24. The molecule has 0 amide bonds. The van der Waals surface area contributed by atoms with Crippen LogP contribution in [0.2, 0.25) is 0 Å². The van der Waals surface area contributed by atoms with Gasteiger partial charge >= 0.3 is 0 Å². The molecule has 0 saturated heterocycles. The van der Waals surface area contributed by atoms with E-state index in [0.29, 0.717) is 0 Å². The summed E-state index contributed by atoms with van der Waals surface area (Å²) < 4.78 is 3.82. The normalized spacial score (nSPS) is 15.4. The smallest absolute Gasteiger partial charge is 0.193 e. The van der Waals surface area contributed by atoms with Crippen LogP contribution in [0.3, 0.4) is 0 Å². The van der Waals surface area contributed by atoms with Crippen LogP contribution in [0.4, 0.5) is 0 Å². The molecule has 0 aliphatic rings. The molecule has 0 radical (unpaired) electrons. The van der Waals surface area contributed by atoms with Crippen molar-refractivity contribution >= 4 is 63.7 Å². The third-order valence-electron chi connectivity index (χ3n) is 3.16. The topological polar surface area (TPSA) is 110 Å². The van der Waals surface area contributed by atoms with Gasteiger partial charge in [-0.2, -0.15) is 0 Å². The standard InChI is InChI=1S/C10H18Br4O6/c11-1-8(2-12,3-15)7(19)20-10(13,14)9(4-16,5-17)6-18/h7,15-19H,1-6H2. The summed E-state index contributed by atoms with van der Waals surface area (Å²) in [6.45, 7) is -2.17. The molecule has 1 atom stereocenters. The largest absolute Gasteiger partial charge is 0.396 e. The van der Waals surface area contributed by atoms with E-state index in [4.69, 9.17) is 4.74 Å². The van der Waals surface area contributed by atoms with E-state index in [1.54, 1.807) is 0 Å². The van der Waals surface area contributed by atoms with Crippen molar-refractivity contribution in [2.75, 3.05) is 37.1 Å². The molecular weight excluding hydrogens is 536 g/mol. The Labute approximate surface area is 151 Å². The maximum Gasteiger partial charge on any atom is 0.193 e. The third kappa shape index (κ3) is 4.36. The lowest BCUT2D eigenvalue weighted by Gasteiger charge is -2.43. The minimum atomic E-state index is -1.59. The first kappa shape index (κ1) is 21.7. The molecule has 0 saturated carbocycles. The third-order valence-corrected chi connectivity index (χ3v) is 7.45. The van der Waals surface area contributed by atoms with Gasteiger partial charge in [-0.15, -0.1) is 0 Å². The molecule has 0 bridgehead atoms.